The number of hydrogen-bond acceptors (Lipinski definition) is 6. The zero-order valence-electron chi connectivity index (χ0n) is 16.1. The van der Waals surface area contributed by atoms with Crippen molar-refractivity contribution in [1.29, 1.82) is 0 Å². The van der Waals surface area contributed by atoms with E-state index < -0.39 is 22.1 Å². The van der Waals surface area contributed by atoms with Crippen LogP contribution in [0.15, 0.2) is 40.1 Å². The monoisotopic (exact) mass is 397 g/mol. The van der Waals surface area contributed by atoms with Crippen molar-refractivity contribution in [2.24, 2.45) is 14.1 Å². The minimum atomic E-state index is -0.602. The van der Waals surface area contributed by atoms with Gasteiger partial charge < -0.3 is 5.32 Å². The molecule has 1 N–H and O–H groups in total. The van der Waals surface area contributed by atoms with Crippen molar-refractivity contribution in [2.75, 3.05) is 5.32 Å². The number of rotatable bonds is 5. The summed E-state index contributed by atoms with van der Waals surface area (Å²) in [7, 11) is 2.84. The van der Waals surface area contributed by atoms with Crippen LogP contribution in [0.25, 0.3) is 11.0 Å². The van der Waals surface area contributed by atoms with Gasteiger partial charge in [0, 0.05) is 38.0 Å². The van der Waals surface area contributed by atoms with Crippen molar-refractivity contribution in [2.45, 2.75) is 19.8 Å². The predicted molar refractivity (Wildman–Crippen MR) is 107 cm³/mol. The van der Waals surface area contributed by atoms with E-state index in [1.807, 2.05) is 6.92 Å². The molecule has 0 saturated carbocycles. The third-order valence-electron chi connectivity index (χ3n) is 4.62. The average Bonchev–Trinajstić information content (AvgIpc) is 2.71. The number of nitro benzene ring substituents is 1. The number of aromatic nitrogens is 3. The van der Waals surface area contributed by atoms with E-state index >= 15 is 0 Å². The van der Waals surface area contributed by atoms with E-state index in [0.717, 1.165) is 17.1 Å². The molecule has 150 valence electrons. The Hall–Kier alpha value is -3.82. The van der Waals surface area contributed by atoms with Gasteiger partial charge in [-0.3, -0.25) is 28.8 Å². The summed E-state index contributed by atoms with van der Waals surface area (Å²) in [5.74, 6) is -0.602. The zero-order chi connectivity index (χ0) is 21.3. The lowest BCUT2D eigenvalue weighted by Crippen LogP contribution is -2.38. The summed E-state index contributed by atoms with van der Waals surface area (Å²) in [6.45, 7) is 1.94. The van der Waals surface area contributed by atoms with Crippen LogP contribution in [-0.4, -0.2) is 24.9 Å². The number of pyridine rings is 1. The number of benzene rings is 1. The summed E-state index contributed by atoms with van der Waals surface area (Å²) in [5, 5.41) is 13.8. The highest BCUT2D eigenvalue weighted by atomic mass is 16.6. The van der Waals surface area contributed by atoms with Crippen LogP contribution in [0.5, 0.6) is 0 Å². The molecule has 0 atom stereocenters. The van der Waals surface area contributed by atoms with E-state index in [1.165, 1.54) is 43.1 Å². The van der Waals surface area contributed by atoms with E-state index in [2.05, 4.69) is 10.3 Å². The van der Waals surface area contributed by atoms with Crippen LogP contribution in [0.3, 0.4) is 0 Å². The predicted octanol–water partition coefficient (Wildman–Crippen LogP) is 1.75. The normalized spacial score (nSPS) is 10.9. The van der Waals surface area contributed by atoms with Crippen molar-refractivity contribution >= 4 is 28.3 Å². The molecule has 0 spiro atoms. The molecule has 0 fully saturated rings. The summed E-state index contributed by atoms with van der Waals surface area (Å²) < 4.78 is 2.18. The fourth-order valence-electron chi connectivity index (χ4n) is 3.12. The quantitative estimate of drug-likeness (QED) is 0.516. The van der Waals surface area contributed by atoms with E-state index in [1.54, 1.807) is 0 Å². The second kappa shape index (κ2) is 7.66. The minimum absolute atomic E-state index is 0.0771. The lowest BCUT2D eigenvalue weighted by molar-refractivity contribution is -0.384. The molecule has 10 nitrogen and oxygen atoms in total. The van der Waals surface area contributed by atoms with Gasteiger partial charge >= 0.3 is 5.69 Å². The molecule has 0 bridgehead atoms. The first-order valence-corrected chi connectivity index (χ1v) is 8.89. The molecule has 0 aliphatic carbocycles. The van der Waals surface area contributed by atoms with Gasteiger partial charge in [-0.25, -0.2) is 9.78 Å². The van der Waals surface area contributed by atoms with Crippen LogP contribution in [0.2, 0.25) is 0 Å². The maximum Gasteiger partial charge on any atom is 0.332 e. The van der Waals surface area contributed by atoms with Crippen LogP contribution in [-0.2, 0) is 20.5 Å². The second-order valence-corrected chi connectivity index (χ2v) is 6.57. The molecule has 3 aromatic rings. The van der Waals surface area contributed by atoms with Crippen molar-refractivity contribution in [3.63, 3.8) is 0 Å². The van der Waals surface area contributed by atoms with Crippen LogP contribution >= 0.6 is 0 Å². The average molecular weight is 397 g/mol. The number of anilines is 1. The number of nitrogens with zero attached hydrogens (tertiary/aromatic N) is 4. The molecule has 2 aromatic heterocycles. The first kappa shape index (κ1) is 19.9. The molecule has 0 unspecified atom stereocenters. The molecule has 29 heavy (non-hydrogen) atoms. The van der Waals surface area contributed by atoms with Crippen molar-refractivity contribution in [3.05, 3.63) is 72.5 Å². The summed E-state index contributed by atoms with van der Waals surface area (Å²) in [6, 6.07) is 5.30. The summed E-state index contributed by atoms with van der Waals surface area (Å²) in [5.41, 5.74) is -0.221. The van der Waals surface area contributed by atoms with Gasteiger partial charge in [-0.05, 0) is 18.1 Å². The van der Waals surface area contributed by atoms with E-state index in [-0.39, 0.29) is 28.0 Å². The molecule has 0 radical (unpaired) electrons. The number of carbonyl (C=O) groups excluding carboxylic acids is 1. The number of carbonyl (C=O) groups is 1. The molecular formula is C19H19N5O5. The van der Waals surface area contributed by atoms with Crippen molar-refractivity contribution in [1.82, 2.24) is 14.1 Å². The Morgan fingerprint density at radius 2 is 1.97 bits per heavy atom. The van der Waals surface area contributed by atoms with E-state index in [9.17, 15) is 24.5 Å². The summed E-state index contributed by atoms with van der Waals surface area (Å²) in [4.78, 5) is 52.5. The Balaban J connectivity index is 2.22. The Morgan fingerprint density at radius 1 is 1.24 bits per heavy atom. The smallest absolute Gasteiger partial charge is 0.321 e. The van der Waals surface area contributed by atoms with Gasteiger partial charge in [0.1, 0.15) is 5.39 Å². The van der Waals surface area contributed by atoms with Gasteiger partial charge in [0.05, 0.1) is 10.6 Å². The molecule has 2 heterocycles. The second-order valence-electron chi connectivity index (χ2n) is 6.57. The number of nitrogens with one attached hydrogen (secondary N) is 1. The number of fused-ring (bicyclic) bond motifs is 1. The SMILES string of the molecule is CCCc1cnc2c(c1NC(=O)c1cccc([N+](=O)[O-])c1)c(=O)n(C)c(=O)n2C. The summed E-state index contributed by atoms with van der Waals surface area (Å²) >= 11 is 0. The highest BCUT2D eigenvalue weighted by Gasteiger charge is 2.20. The van der Waals surface area contributed by atoms with Gasteiger partial charge in [0.15, 0.2) is 5.65 Å². The molecule has 0 aliphatic rings. The Kier molecular flexibility index (Phi) is 5.26. The molecule has 10 heteroatoms. The molecule has 1 aromatic carbocycles. The lowest BCUT2D eigenvalue weighted by Gasteiger charge is -2.15. The number of hydrogen-bond donors (Lipinski definition) is 1. The van der Waals surface area contributed by atoms with Crippen LogP contribution < -0.4 is 16.6 Å². The maximum absolute atomic E-state index is 12.8. The maximum atomic E-state index is 12.8. The van der Waals surface area contributed by atoms with Crippen molar-refractivity contribution < 1.29 is 9.72 Å². The third kappa shape index (κ3) is 3.51. The Labute approximate surface area is 164 Å². The number of amides is 1. The third-order valence-corrected chi connectivity index (χ3v) is 4.62. The minimum Gasteiger partial charge on any atom is -0.321 e. The van der Waals surface area contributed by atoms with Crippen LogP contribution in [0.4, 0.5) is 11.4 Å². The van der Waals surface area contributed by atoms with E-state index in [0.29, 0.717) is 12.0 Å². The molecule has 0 aliphatic heterocycles. The Morgan fingerprint density at radius 3 is 2.62 bits per heavy atom. The molecule has 3 rings (SSSR count). The molecule has 1 amide bonds. The lowest BCUT2D eigenvalue weighted by atomic mass is 10.1. The number of aryl methyl sites for hydroxylation is 2. The first-order chi connectivity index (χ1) is 13.8. The highest BCUT2D eigenvalue weighted by Crippen LogP contribution is 2.25. The van der Waals surface area contributed by atoms with Crippen molar-refractivity contribution in [3.8, 4) is 0 Å². The first-order valence-electron chi connectivity index (χ1n) is 8.89. The fourth-order valence-corrected chi connectivity index (χ4v) is 3.12. The van der Waals surface area contributed by atoms with Gasteiger partial charge in [-0.15, -0.1) is 0 Å². The van der Waals surface area contributed by atoms with Crippen LogP contribution in [0.1, 0.15) is 29.3 Å². The van der Waals surface area contributed by atoms with Gasteiger partial charge in [-0.2, -0.15) is 0 Å². The van der Waals surface area contributed by atoms with Gasteiger partial charge in [0.25, 0.3) is 17.2 Å². The fraction of sp³-hybridized carbons (Fsp3) is 0.263. The number of non-ortho nitro benzene ring substituents is 1. The largest absolute Gasteiger partial charge is 0.332 e. The highest BCUT2D eigenvalue weighted by molar-refractivity contribution is 6.09. The van der Waals surface area contributed by atoms with Crippen LogP contribution in [0, 0.1) is 10.1 Å². The van der Waals surface area contributed by atoms with Gasteiger partial charge in [0.2, 0.25) is 0 Å². The van der Waals surface area contributed by atoms with Gasteiger partial charge in [-0.1, -0.05) is 19.4 Å². The zero-order valence-corrected chi connectivity index (χ0v) is 16.1. The summed E-state index contributed by atoms with van der Waals surface area (Å²) in [6.07, 6.45) is 2.80. The number of nitro groups is 1. The topological polar surface area (TPSA) is 129 Å². The molecule has 0 saturated heterocycles. The Bertz CT molecular complexity index is 1260. The standard InChI is InChI=1S/C19H19N5O5/c1-4-6-12-10-20-16-14(18(26)23(3)19(27)22(16)2)15(12)21-17(25)11-7-5-8-13(9-11)24(28)29/h5,7-10H,4,6H2,1-3H3,(H,20,21,25). The molecular weight excluding hydrogens is 378 g/mol. The van der Waals surface area contributed by atoms with E-state index in [4.69, 9.17) is 0 Å².